The summed E-state index contributed by atoms with van der Waals surface area (Å²) in [4.78, 5) is 17.4. The van der Waals surface area contributed by atoms with Crippen LogP contribution < -0.4 is 11.5 Å². The van der Waals surface area contributed by atoms with Crippen molar-refractivity contribution in [3.63, 3.8) is 0 Å². The van der Waals surface area contributed by atoms with E-state index in [1.54, 1.807) is 18.2 Å². The number of benzene rings is 1. The van der Waals surface area contributed by atoms with Crippen LogP contribution in [0.2, 0.25) is 0 Å². The molecule has 0 spiro atoms. The number of hydrogen-bond donors (Lipinski definition) is 2. The van der Waals surface area contributed by atoms with Crippen LogP contribution in [0.25, 0.3) is 0 Å². The molecule has 1 aromatic carbocycles. The van der Waals surface area contributed by atoms with E-state index >= 15 is 0 Å². The zero-order valence-corrected chi connectivity index (χ0v) is 11.4. The van der Waals surface area contributed by atoms with Crippen LogP contribution in [-0.4, -0.2) is 24.6 Å². The maximum Gasteiger partial charge on any atom is 0.277 e. The van der Waals surface area contributed by atoms with Crippen LogP contribution in [-0.2, 0) is 4.84 Å². The predicted octanol–water partition coefficient (Wildman–Crippen LogP) is 1.90. The molecular formula is C13H21N3O2. The number of carbonyl (C=O) groups is 1. The van der Waals surface area contributed by atoms with E-state index in [0.29, 0.717) is 23.5 Å². The summed E-state index contributed by atoms with van der Waals surface area (Å²) in [5.41, 5.74) is 12.6. The van der Waals surface area contributed by atoms with Gasteiger partial charge in [-0.25, -0.2) is 5.06 Å². The maximum atomic E-state index is 12.2. The fourth-order valence-corrected chi connectivity index (χ4v) is 1.59. The summed E-state index contributed by atoms with van der Waals surface area (Å²) in [7, 11) is 1.47. The van der Waals surface area contributed by atoms with Crippen LogP contribution in [0.5, 0.6) is 0 Å². The lowest BCUT2D eigenvalue weighted by atomic mass is 9.96. The number of nitrogens with two attached hydrogens (primary N) is 2. The number of nitrogen functional groups attached to an aromatic ring is 2. The second-order valence-corrected chi connectivity index (χ2v) is 5.47. The number of carbonyl (C=O) groups excluding carboxylic acids is 1. The third-order valence-electron chi connectivity index (χ3n) is 2.29. The molecule has 0 saturated heterocycles. The van der Waals surface area contributed by atoms with Crippen LogP contribution in [0, 0.1) is 5.41 Å². The molecule has 5 nitrogen and oxygen atoms in total. The Balaban J connectivity index is 2.96. The van der Waals surface area contributed by atoms with E-state index in [9.17, 15) is 4.79 Å². The highest BCUT2D eigenvalue weighted by Gasteiger charge is 2.22. The highest BCUT2D eigenvalue weighted by atomic mass is 16.7. The highest BCUT2D eigenvalue weighted by Crippen LogP contribution is 2.19. The summed E-state index contributed by atoms with van der Waals surface area (Å²) < 4.78 is 0. The molecule has 4 N–H and O–H groups in total. The Kier molecular flexibility index (Phi) is 4.19. The van der Waals surface area contributed by atoms with Gasteiger partial charge < -0.3 is 11.5 Å². The van der Waals surface area contributed by atoms with Crippen LogP contribution in [0.1, 0.15) is 31.1 Å². The molecule has 18 heavy (non-hydrogen) atoms. The van der Waals surface area contributed by atoms with Crippen molar-refractivity contribution in [1.82, 2.24) is 5.06 Å². The van der Waals surface area contributed by atoms with Crippen LogP contribution in [0.3, 0.4) is 0 Å². The second-order valence-electron chi connectivity index (χ2n) is 5.47. The van der Waals surface area contributed by atoms with Gasteiger partial charge in [0, 0.05) is 16.9 Å². The zero-order chi connectivity index (χ0) is 13.9. The van der Waals surface area contributed by atoms with E-state index < -0.39 is 0 Å². The number of rotatable bonds is 3. The third kappa shape index (κ3) is 3.92. The molecule has 0 aromatic heterocycles. The lowest BCUT2D eigenvalue weighted by Crippen LogP contribution is -2.37. The monoisotopic (exact) mass is 251 g/mol. The van der Waals surface area contributed by atoms with Gasteiger partial charge in [0.15, 0.2) is 0 Å². The van der Waals surface area contributed by atoms with Crippen molar-refractivity contribution in [2.45, 2.75) is 20.8 Å². The lowest BCUT2D eigenvalue weighted by Gasteiger charge is -2.27. The molecule has 0 bridgehead atoms. The molecule has 0 aliphatic rings. The van der Waals surface area contributed by atoms with Gasteiger partial charge in [0.2, 0.25) is 0 Å². The van der Waals surface area contributed by atoms with Crippen molar-refractivity contribution in [3.8, 4) is 0 Å². The van der Waals surface area contributed by atoms with Gasteiger partial charge in [-0.3, -0.25) is 9.63 Å². The lowest BCUT2D eigenvalue weighted by molar-refractivity contribution is -0.110. The van der Waals surface area contributed by atoms with E-state index in [-0.39, 0.29) is 11.3 Å². The molecule has 100 valence electrons. The molecule has 0 heterocycles. The van der Waals surface area contributed by atoms with Gasteiger partial charge in [-0.1, -0.05) is 20.8 Å². The van der Waals surface area contributed by atoms with Gasteiger partial charge in [0.05, 0.1) is 13.7 Å². The van der Waals surface area contributed by atoms with Crippen molar-refractivity contribution in [1.29, 1.82) is 0 Å². The first-order valence-corrected chi connectivity index (χ1v) is 5.75. The Bertz CT molecular complexity index is 418. The fraction of sp³-hybridized carbons (Fsp3) is 0.462. The molecule has 0 fully saturated rings. The van der Waals surface area contributed by atoms with Gasteiger partial charge in [-0.2, -0.15) is 0 Å². The minimum atomic E-state index is -0.244. The minimum Gasteiger partial charge on any atom is -0.399 e. The summed E-state index contributed by atoms with van der Waals surface area (Å²) in [5.74, 6) is -0.244. The van der Waals surface area contributed by atoms with E-state index in [4.69, 9.17) is 16.3 Å². The van der Waals surface area contributed by atoms with Crippen molar-refractivity contribution >= 4 is 17.3 Å². The Labute approximate surface area is 108 Å². The Morgan fingerprint density at radius 3 is 2.11 bits per heavy atom. The van der Waals surface area contributed by atoms with Gasteiger partial charge in [0.1, 0.15) is 0 Å². The normalized spacial score (nSPS) is 11.3. The number of hydroxylamine groups is 2. The fourth-order valence-electron chi connectivity index (χ4n) is 1.59. The molecule has 1 aromatic rings. The first kappa shape index (κ1) is 14.3. The van der Waals surface area contributed by atoms with Gasteiger partial charge in [-0.05, 0) is 23.6 Å². The smallest absolute Gasteiger partial charge is 0.277 e. The molecule has 0 saturated carbocycles. The van der Waals surface area contributed by atoms with Crippen molar-refractivity contribution < 1.29 is 9.63 Å². The highest BCUT2D eigenvalue weighted by molar-refractivity contribution is 5.95. The summed E-state index contributed by atoms with van der Waals surface area (Å²) in [5, 5.41) is 1.31. The number of hydrogen-bond acceptors (Lipinski definition) is 4. The number of nitrogens with zero attached hydrogens (tertiary/aromatic N) is 1. The molecule has 0 unspecified atom stereocenters. The van der Waals surface area contributed by atoms with Crippen molar-refractivity contribution in [2.75, 3.05) is 25.1 Å². The quantitative estimate of drug-likeness (QED) is 0.635. The third-order valence-corrected chi connectivity index (χ3v) is 2.29. The molecule has 0 aliphatic carbocycles. The van der Waals surface area contributed by atoms with Gasteiger partial charge >= 0.3 is 0 Å². The molecule has 1 amide bonds. The molecular weight excluding hydrogens is 230 g/mol. The summed E-state index contributed by atoms with van der Waals surface area (Å²) in [6, 6.07) is 4.79. The Hall–Kier alpha value is -1.75. The van der Waals surface area contributed by atoms with Gasteiger partial charge in [-0.15, -0.1) is 0 Å². The summed E-state index contributed by atoms with van der Waals surface area (Å²) >= 11 is 0. The number of anilines is 2. The summed E-state index contributed by atoms with van der Waals surface area (Å²) in [6.45, 7) is 6.57. The molecule has 0 aliphatic heterocycles. The first-order chi connectivity index (χ1) is 8.23. The summed E-state index contributed by atoms with van der Waals surface area (Å²) in [6.07, 6.45) is 0. The topological polar surface area (TPSA) is 81.6 Å². The second kappa shape index (κ2) is 5.27. The average Bonchev–Trinajstić information content (AvgIpc) is 2.22. The predicted molar refractivity (Wildman–Crippen MR) is 72.8 cm³/mol. The van der Waals surface area contributed by atoms with Crippen LogP contribution in [0.15, 0.2) is 18.2 Å². The Morgan fingerprint density at radius 1 is 1.22 bits per heavy atom. The SMILES string of the molecule is CON(CC(C)(C)C)C(=O)c1cc(N)cc(N)c1. The Morgan fingerprint density at radius 2 is 1.72 bits per heavy atom. The standard InChI is InChI=1S/C13H21N3O2/c1-13(2,3)8-16(18-4)12(17)9-5-10(14)7-11(15)6-9/h5-7H,8,14-15H2,1-4H3. The van der Waals surface area contributed by atoms with E-state index in [1.165, 1.54) is 12.2 Å². The molecule has 1 rings (SSSR count). The maximum absolute atomic E-state index is 12.2. The minimum absolute atomic E-state index is 0.0580. The van der Waals surface area contributed by atoms with E-state index in [0.717, 1.165) is 0 Å². The van der Waals surface area contributed by atoms with Crippen LogP contribution >= 0.6 is 0 Å². The number of amides is 1. The van der Waals surface area contributed by atoms with E-state index in [2.05, 4.69) is 0 Å². The molecule has 0 radical (unpaired) electrons. The van der Waals surface area contributed by atoms with Crippen molar-refractivity contribution in [3.05, 3.63) is 23.8 Å². The van der Waals surface area contributed by atoms with E-state index in [1.807, 2.05) is 20.8 Å². The zero-order valence-electron chi connectivity index (χ0n) is 11.4. The molecule has 0 atom stereocenters. The average molecular weight is 251 g/mol. The van der Waals surface area contributed by atoms with Gasteiger partial charge in [0.25, 0.3) is 5.91 Å². The first-order valence-electron chi connectivity index (χ1n) is 5.75. The molecule has 5 heteroatoms. The van der Waals surface area contributed by atoms with Crippen molar-refractivity contribution in [2.24, 2.45) is 5.41 Å². The van der Waals surface area contributed by atoms with Crippen LogP contribution in [0.4, 0.5) is 11.4 Å². The largest absolute Gasteiger partial charge is 0.399 e.